The molecule has 0 bridgehead atoms. The quantitative estimate of drug-likeness (QED) is 0.619. The van der Waals surface area contributed by atoms with Crippen LogP contribution < -0.4 is 10.6 Å². The number of benzene rings is 1. The lowest BCUT2D eigenvalue weighted by Gasteiger charge is -2.36. The molecular weight excluding hydrogens is 269 g/mol. The van der Waals surface area contributed by atoms with Crippen LogP contribution in [-0.4, -0.2) is 38.3 Å². The van der Waals surface area contributed by atoms with Crippen molar-refractivity contribution in [1.82, 2.24) is 0 Å². The summed E-state index contributed by atoms with van der Waals surface area (Å²) in [5.41, 5.74) is 5.94. The Balaban J connectivity index is 2.43. The molecule has 0 spiro atoms. The molecule has 1 aromatic carbocycles. The van der Waals surface area contributed by atoms with Crippen molar-refractivity contribution < 1.29 is 12.8 Å². The minimum atomic E-state index is -3.04. The number of nitrogens with one attached hydrogen (secondary N) is 1. The zero-order chi connectivity index (χ0) is 14.2. The lowest BCUT2D eigenvalue weighted by atomic mass is 10.1. The van der Waals surface area contributed by atoms with Crippen LogP contribution in [0.25, 0.3) is 0 Å². The molecule has 1 aromatic rings. The lowest BCUT2D eigenvalue weighted by molar-refractivity contribution is 0.567. The molecule has 1 fully saturated rings. The minimum absolute atomic E-state index is 0.0286. The number of hydrogen-bond acceptors (Lipinski definition) is 4. The van der Waals surface area contributed by atoms with E-state index in [1.165, 1.54) is 12.1 Å². The fourth-order valence-electron chi connectivity index (χ4n) is 2.38. The Morgan fingerprint density at radius 1 is 1.53 bits per heavy atom. The summed E-state index contributed by atoms with van der Waals surface area (Å²) in [7, 11) is -3.04. The molecule has 1 saturated heterocycles. The number of halogens is 1. The molecule has 19 heavy (non-hydrogen) atoms. The molecule has 7 heteroatoms. The number of nitrogens with zero attached hydrogens (tertiary/aromatic N) is 1. The number of anilines is 1. The van der Waals surface area contributed by atoms with E-state index in [0.29, 0.717) is 5.69 Å². The SMILES string of the molecule is CC1CS(=O)(=O)CCN1c1cccc(F)c1C(=N)N. The molecule has 1 aliphatic rings. The minimum Gasteiger partial charge on any atom is -0.384 e. The number of nitrogens with two attached hydrogens (primary N) is 1. The first-order valence-corrected chi connectivity index (χ1v) is 7.74. The van der Waals surface area contributed by atoms with E-state index in [1.54, 1.807) is 17.9 Å². The number of nitrogen functional groups attached to an aromatic ring is 1. The number of rotatable bonds is 2. The third-order valence-electron chi connectivity index (χ3n) is 3.24. The number of hydrogen-bond donors (Lipinski definition) is 2. The van der Waals surface area contributed by atoms with Crippen LogP contribution in [0, 0.1) is 11.2 Å². The van der Waals surface area contributed by atoms with Crippen molar-refractivity contribution in [3.8, 4) is 0 Å². The molecular formula is C12H16FN3O2S. The van der Waals surface area contributed by atoms with Crippen LogP contribution in [0.4, 0.5) is 10.1 Å². The van der Waals surface area contributed by atoms with E-state index in [2.05, 4.69) is 0 Å². The van der Waals surface area contributed by atoms with E-state index in [1.807, 2.05) is 0 Å². The molecule has 5 nitrogen and oxygen atoms in total. The first kappa shape index (κ1) is 13.8. The van der Waals surface area contributed by atoms with Gasteiger partial charge in [-0.25, -0.2) is 12.8 Å². The summed E-state index contributed by atoms with van der Waals surface area (Å²) in [5, 5.41) is 7.47. The molecule has 0 saturated carbocycles. The highest BCUT2D eigenvalue weighted by molar-refractivity contribution is 7.91. The summed E-state index contributed by atoms with van der Waals surface area (Å²) in [4.78, 5) is 1.79. The highest BCUT2D eigenvalue weighted by Crippen LogP contribution is 2.27. The van der Waals surface area contributed by atoms with E-state index in [-0.39, 0.29) is 35.5 Å². The molecule has 104 valence electrons. The molecule has 0 aromatic heterocycles. The largest absolute Gasteiger partial charge is 0.384 e. The molecule has 1 heterocycles. The Labute approximate surface area is 111 Å². The van der Waals surface area contributed by atoms with Gasteiger partial charge in [-0.15, -0.1) is 0 Å². The van der Waals surface area contributed by atoms with Gasteiger partial charge in [0.1, 0.15) is 11.7 Å². The third-order valence-corrected chi connectivity index (χ3v) is 5.04. The Morgan fingerprint density at radius 2 is 2.21 bits per heavy atom. The Bertz CT molecular complexity index is 615. The van der Waals surface area contributed by atoms with Crippen molar-refractivity contribution in [1.29, 1.82) is 5.41 Å². The first-order valence-electron chi connectivity index (χ1n) is 5.92. The standard InChI is InChI=1S/C12H16FN3O2S/c1-8-7-19(17,18)6-5-16(8)10-4-2-3-9(13)11(10)12(14)15/h2-4,8H,5-7H2,1H3,(H3,14,15). The molecule has 2 rings (SSSR count). The molecule has 3 N–H and O–H groups in total. The Kier molecular flexibility index (Phi) is 3.49. The average Bonchev–Trinajstić information content (AvgIpc) is 2.26. The van der Waals surface area contributed by atoms with E-state index >= 15 is 0 Å². The van der Waals surface area contributed by atoms with Crippen molar-refractivity contribution in [2.45, 2.75) is 13.0 Å². The van der Waals surface area contributed by atoms with Crippen LogP contribution in [-0.2, 0) is 9.84 Å². The smallest absolute Gasteiger partial charge is 0.154 e. The predicted molar refractivity (Wildman–Crippen MR) is 72.9 cm³/mol. The van der Waals surface area contributed by atoms with Gasteiger partial charge in [0.15, 0.2) is 9.84 Å². The van der Waals surface area contributed by atoms with Gasteiger partial charge >= 0.3 is 0 Å². The van der Waals surface area contributed by atoms with Crippen molar-refractivity contribution >= 4 is 21.4 Å². The Morgan fingerprint density at radius 3 is 2.79 bits per heavy atom. The average molecular weight is 285 g/mol. The van der Waals surface area contributed by atoms with E-state index in [0.717, 1.165) is 0 Å². The van der Waals surface area contributed by atoms with Crippen molar-refractivity contribution in [3.05, 3.63) is 29.6 Å². The van der Waals surface area contributed by atoms with E-state index in [9.17, 15) is 12.8 Å². The third kappa shape index (κ3) is 2.70. The number of sulfone groups is 1. The van der Waals surface area contributed by atoms with Gasteiger partial charge in [0.05, 0.1) is 22.8 Å². The van der Waals surface area contributed by atoms with Gasteiger partial charge in [-0.1, -0.05) is 6.07 Å². The summed E-state index contributed by atoms with van der Waals surface area (Å²) in [5.74, 6) is -0.856. The number of amidine groups is 1. The second kappa shape index (κ2) is 4.80. The zero-order valence-electron chi connectivity index (χ0n) is 10.6. The van der Waals surface area contributed by atoms with Gasteiger partial charge in [0, 0.05) is 12.6 Å². The maximum absolute atomic E-state index is 13.8. The second-order valence-electron chi connectivity index (χ2n) is 4.70. The predicted octanol–water partition coefficient (Wildman–Crippen LogP) is 0.733. The van der Waals surface area contributed by atoms with Crippen molar-refractivity contribution in [2.24, 2.45) is 5.73 Å². The van der Waals surface area contributed by atoms with Gasteiger partial charge in [-0.2, -0.15) is 0 Å². The van der Waals surface area contributed by atoms with Gasteiger partial charge in [-0.05, 0) is 19.1 Å². The highest BCUT2D eigenvalue weighted by atomic mass is 32.2. The Hall–Kier alpha value is -1.63. The second-order valence-corrected chi connectivity index (χ2v) is 6.93. The summed E-state index contributed by atoms with van der Waals surface area (Å²) in [6.45, 7) is 2.05. The van der Waals surface area contributed by atoms with Crippen LogP contribution in [0.2, 0.25) is 0 Å². The fourth-order valence-corrected chi connectivity index (χ4v) is 3.93. The molecule has 1 atom stereocenters. The maximum Gasteiger partial charge on any atom is 0.154 e. The molecule has 1 aliphatic heterocycles. The molecule has 0 radical (unpaired) electrons. The molecule has 1 unspecified atom stereocenters. The van der Waals surface area contributed by atoms with Crippen molar-refractivity contribution in [3.63, 3.8) is 0 Å². The van der Waals surface area contributed by atoms with Crippen LogP contribution in [0.1, 0.15) is 12.5 Å². The first-order chi connectivity index (χ1) is 8.82. The monoisotopic (exact) mass is 285 g/mol. The van der Waals surface area contributed by atoms with Crippen LogP contribution in [0.15, 0.2) is 18.2 Å². The van der Waals surface area contributed by atoms with E-state index in [4.69, 9.17) is 11.1 Å². The van der Waals surface area contributed by atoms with Crippen LogP contribution in [0.3, 0.4) is 0 Å². The van der Waals surface area contributed by atoms with E-state index < -0.39 is 15.7 Å². The van der Waals surface area contributed by atoms with Crippen molar-refractivity contribution in [2.75, 3.05) is 23.0 Å². The summed E-state index contributed by atoms with van der Waals surface area (Å²) < 4.78 is 36.9. The highest BCUT2D eigenvalue weighted by Gasteiger charge is 2.30. The zero-order valence-corrected chi connectivity index (χ0v) is 11.4. The topological polar surface area (TPSA) is 87.2 Å². The fraction of sp³-hybridized carbons (Fsp3) is 0.417. The summed E-state index contributed by atoms with van der Waals surface area (Å²) in [6.07, 6.45) is 0. The van der Waals surface area contributed by atoms with Gasteiger partial charge in [0.2, 0.25) is 0 Å². The lowest BCUT2D eigenvalue weighted by Crippen LogP contribution is -2.47. The van der Waals surface area contributed by atoms with Crippen LogP contribution >= 0.6 is 0 Å². The summed E-state index contributed by atoms with van der Waals surface area (Å²) >= 11 is 0. The van der Waals surface area contributed by atoms with Gasteiger partial charge < -0.3 is 10.6 Å². The maximum atomic E-state index is 13.8. The molecule has 0 aliphatic carbocycles. The normalized spacial score (nSPS) is 22.2. The molecule has 0 amide bonds. The summed E-state index contributed by atoms with van der Waals surface area (Å²) in [6, 6.07) is 4.17. The van der Waals surface area contributed by atoms with Gasteiger partial charge in [-0.3, -0.25) is 5.41 Å². The van der Waals surface area contributed by atoms with Crippen LogP contribution in [0.5, 0.6) is 0 Å². The van der Waals surface area contributed by atoms with Gasteiger partial charge in [0.25, 0.3) is 0 Å².